The van der Waals surface area contributed by atoms with Crippen molar-refractivity contribution in [3.8, 4) is 17.7 Å². The van der Waals surface area contributed by atoms with E-state index in [1.54, 1.807) is 6.07 Å². The lowest BCUT2D eigenvalue weighted by atomic mass is 10.1. The molecule has 18 heavy (non-hydrogen) atoms. The van der Waals surface area contributed by atoms with E-state index in [9.17, 15) is 0 Å². The van der Waals surface area contributed by atoms with Gasteiger partial charge in [0.15, 0.2) is 5.75 Å². The van der Waals surface area contributed by atoms with Crippen molar-refractivity contribution in [3.05, 3.63) is 41.9 Å². The van der Waals surface area contributed by atoms with Crippen LogP contribution in [0.25, 0.3) is 0 Å². The van der Waals surface area contributed by atoms with Gasteiger partial charge in [-0.15, -0.1) is 0 Å². The third-order valence-corrected chi connectivity index (χ3v) is 2.46. The van der Waals surface area contributed by atoms with E-state index in [0.29, 0.717) is 11.4 Å². The fraction of sp³-hybridized carbons (Fsp3) is 0.154. The zero-order chi connectivity index (χ0) is 13.0. The van der Waals surface area contributed by atoms with Crippen molar-refractivity contribution in [2.75, 3.05) is 5.73 Å². The first-order valence-electron chi connectivity index (χ1n) is 5.52. The maximum atomic E-state index is 8.88. The van der Waals surface area contributed by atoms with Crippen LogP contribution in [0, 0.1) is 11.3 Å². The molecular formula is C13H12N4O. The lowest BCUT2D eigenvalue weighted by molar-refractivity contribution is 0.460. The number of anilines is 1. The molecule has 0 aliphatic rings. The molecule has 2 N–H and O–H groups in total. The smallest absolute Gasteiger partial charge is 0.256 e. The van der Waals surface area contributed by atoms with Gasteiger partial charge in [-0.25, -0.2) is 9.97 Å². The van der Waals surface area contributed by atoms with Crippen molar-refractivity contribution in [1.82, 2.24) is 9.97 Å². The number of hydrogen-bond acceptors (Lipinski definition) is 5. The van der Waals surface area contributed by atoms with Crippen LogP contribution in [0.3, 0.4) is 0 Å². The van der Waals surface area contributed by atoms with Crippen LogP contribution >= 0.6 is 0 Å². The average Bonchev–Trinajstić information content (AvgIpc) is 2.41. The number of nitrogen functional groups attached to an aromatic ring is 1. The Balaban J connectivity index is 2.32. The predicted molar refractivity (Wildman–Crippen MR) is 67.1 cm³/mol. The van der Waals surface area contributed by atoms with E-state index in [2.05, 4.69) is 9.97 Å². The maximum Gasteiger partial charge on any atom is 0.256 e. The number of rotatable bonds is 3. The summed E-state index contributed by atoms with van der Waals surface area (Å²) in [4.78, 5) is 7.83. The first kappa shape index (κ1) is 11.9. The molecule has 90 valence electrons. The summed E-state index contributed by atoms with van der Waals surface area (Å²) in [6.45, 7) is 2.05. The normalized spacial score (nSPS) is 9.78. The molecule has 1 heterocycles. The zero-order valence-electron chi connectivity index (χ0n) is 9.92. The standard InChI is InChI=1S/C13H12N4O/c1-2-9-3-4-12(10(15)7-9)18-13-11(8-14)16-5-6-17-13/h3-7H,2,15H2,1H3. The highest BCUT2D eigenvalue weighted by Gasteiger charge is 2.09. The maximum absolute atomic E-state index is 8.88. The summed E-state index contributed by atoms with van der Waals surface area (Å²) >= 11 is 0. The minimum absolute atomic E-state index is 0.136. The molecule has 1 aromatic carbocycles. The van der Waals surface area contributed by atoms with E-state index < -0.39 is 0 Å². The Labute approximate surface area is 105 Å². The van der Waals surface area contributed by atoms with Crippen LogP contribution in [0.1, 0.15) is 18.2 Å². The minimum atomic E-state index is 0.136. The summed E-state index contributed by atoms with van der Waals surface area (Å²) in [5, 5.41) is 8.88. The van der Waals surface area contributed by atoms with Gasteiger partial charge in [-0.1, -0.05) is 13.0 Å². The van der Waals surface area contributed by atoms with E-state index in [0.717, 1.165) is 12.0 Å². The largest absolute Gasteiger partial charge is 0.434 e. The van der Waals surface area contributed by atoms with Gasteiger partial charge >= 0.3 is 0 Å². The number of nitrogens with zero attached hydrogens (tertiary/aromatic N) is 3. The summed E-state index contributed by atoms with van der Waals surface area (Å²) < 4.78 is 5.51. The Morgan fingerprint density at radius 1 is 1.33 bits per heavy atom. The molecule has 0 spiro atoms. The number of aryl methyl sites for hydroxylation is 1. The fourth-order valence-electron chi connectivity index (χ4n) is 1.49. The van der Waals surface area contributed by atoms with Gasteiger partial charge in [0, 0.05) is 12.4 Å². The number of nitrogens with two attached hydrogens (primary N) is 1. The lowest BCUT2D eigenvalue weighted by Gasteiger charge is -2.09. The van der Waals surface area contributed by atoms with Crippen molar-refractivity contribution < 1.29 is 4.74 Å². The molecule has 2 rings (SSSR count). The lowest BCUT2D eigenvalue weighted by Crippen LogP contribution is -1.97. The predicted octanol–water partition coefficient (Wildman–Crippen LogP) is 2.29. The van der Waals surface area contributed by atoms with Gasteiger partial charge < -0.3 is 10.5 Å². The van der Waals surface area contributed by atoms with Gasteiger partial charge in [0.25, 0.3) is 5.88 Å². The van der Waals surface area contributed by atoms with Gasteiger partial charge in [0.05, 0.1) is 5.69 Å². The van der Waals surface area contributed by atoms with Crippen LogP contribution in [-0.4, -0.2) is 9.97 Å². The molecule has 0 radical (unpaired) electrons. The third-order valence-electron chi connectivity index (χ3n) is 2.46. The molecule has 0 atom stereocenters. The monoisotopic (exact) mass is 240 g/mol. The van der Waals surface area contributed by atoms with E-state index in [1.165, 1.54) is 12.4 Å². The van der Waals surface area contributed by atoms with Crippen LogP contribution in [0.15, 0.2) is 30.6 Å². The summed E-state index contributed by atoms with van der Waals surface area (Å²) in [5.41, 5.74) is 7.66. The van der Waals surface area contributed by atoms with Crippen molar-refractivity contribution >= 4 is 5.69 Å². The molecule has 5 heteroatoms. The average molecular weight is 240 g/mol. The summed E-state index contributed by atoms with van der Waals surface area (Å²) in [6, 6.07) is 7.46. The number of nitriles is 1. The van der Waals surface area contributed by atoms with Crippen molar-refractivity contribution in [1.29, 1.82) is 5.26 Å². The van der Waals surface area contributed by atoms with Crippen LogP contribution in [0.2, 0.25) is 0 Å². The van der Waals surface area contributed by atoms with Gasteiger partial charge in [-0.2, -0.15) is 5.26 Å². The molecule has 0 aliphatic heterocycles. The first-order valence-corrected chi connectivity index (χ1v) is 5.52. The van der Waals surface area contributed by atoms with Crippen LogP contribution < -0.4 is 10.5 Å². The van der Waals surface area contributed by atoms with Gasteiger partial charge in [-0.05, 0) is 24.1 Å². The fourth-order valence-corrected chi connectivity index (χ4v) is 1.49. The summed E-state index contributed by atoms with van der Waals surface area (Å²) in [7, 11) is 0. The summed E-state index contributed by atoms with van der Waals surface area (Å²) in [5.74, 6) is 0.639. The van der Waals surface area contributed by atoms with Crippen molar-refractivity contribution in [3.63, 3.8) is 0 Å². The molecule has 0 unspecified atom stereocenters. The molecular weight excluding hydrogens is 228 g/mol. The molecule has 0 aliphatic carbocycles. The Hall–Kier alpha value is -2.61. The highest BCUT2D eigenvalue weighted by Crippen LogP contribution is 2.28. The quantitative estimate of drug-likeness (QED) is 0.832. The van der Waals surface area contributed by atoms with Crippen LogP contribution in [0.4, 0.5) is 5.69 Å². The van der Waals surface area contributed by atoms with Crippen molar-refractivity contribution in [2.24, 2.45) is 0 Å². The second-order valence-electron chi connectivity index (χ2n) is 3.65. The van der Waals surface area contributed by atoms with Crippen molar-refractivity contribution in [2.45, 2.75) is 13.3 Å². The highest BCUT2D eigenvalue weighted by molar-refractivity contribution is 5.55. The van der Waals surface area contributed by atoms with Crippen LogP contribution in [-0.2, 0) is 6.42 Å². The Morgan fingerprint density at radius 3 is 2.78 bits per heavy atom. The molecule has 2 aromatic rings. The van der Waals surface area contributed by atoms with Crippen LogP contribution in [0.5, 0.6) is 11.6 Å². The first-order chi connectivity index (χ1) is 8.74. The summed E-state index contributed by atoms with van der Waals surface area (Å²) in [6.07, 6.45) is 3.81. The molecule has 0 saturated heterocycles. The molecule has 1 aromatic heterocycles. The number of hydrogen-bond donors (Lipinski definition) is 1. The van der Waals surface area contributed by atoms with Gasteiger partial charge in [0.1, 0.15) is 6.07 Å². The highest BCUT2D eigenvalue weighted by atomic mass is 16.5. The van der Waals surface area contributed by atoms with E-state index in [1.807, 2.05) is 25.1 Å². The molecule has 0 saturated carbocycles. The molecule has 0 fully saturated rings. The number of aromatic nitrogens is 2. The molecule has 5 nitrogen and oxygen atoms in total. The second-order valence-corrected chi connectivity index (χ2v) is 3.65. The molecule has 0 bridgehead atoms. The van der Waals surface area contributed by atoms with E-state index in [-0.39, 0.29) is 11.6 Å². The van der Waals surface area contributed by atoms with Gasteiger partial charge in [0.2, 0.25) is 5.69 Å². The molecule has 0 amide bonds. The number of benzene rings is 1. The Bertz CT molecular complexity index is 604. The zero-order valence-corrected chi connectivity index (χ0v) is 9.92. The van der Waals surface area contributed by atoms with E-state index >= 15 is 0 Å². The van der Waals surface area contributed by atoms with Gasteiger partial charge in [-0.3, -0.25) is 0 Å². The Kier molecular flexibility index (Phi) is 3.39. The SMILES string of the molecule is CCc1ccc(Oc2nccnc2C#N)c(N)c1. The third kappa shape index (κ3) is 2.38. The topological polar surface area (TPSA) is 84.8 Å². The minimum Gasteiger partial charge on any atom is -0.434 e. The Morgan fingerprint density at radius 2 is 2.11 bits per heavy atom. The number of ether oxygens (including phenoxy) is 1. The second kappa shape index (κ2) is 5.15. The van der Waals surface area contributed by atoms with E-state index in [4.69, 9.17) is 15.7 Å².